The van der Waals surface area contributed by atoms with Crippen molar-refractivity contribution in [3.8, 4) is 11.5 Å². The van der Waals surface area contributed by atoms with Crippen molar-refractivity contribution in [1.82, 2.24) is 0 Å². The van der Waals surface area contributed by atoms with Crippen LogP contribution in [0, 0.1) is 17.5 Å². The zero-order valence-electron chi connectivity index (χ0n) is 16.1. The maximum absolute atomic E-state index is 13.7. The average Bonchev–Trinajstić information content (AvgIpc) is 2.72. The van der Waals surface area contributed by atoms with E-state index < -0.39 is 41.1 Å². The Hall–Kier alpha value is -3.23. The van der Waals surface area contributed by atoms with Crippen LogP contribution < -0.4 is 14.8 Å². The number of halogens is 3. The summed E-state index contributed by atoms with van der Waals surface area (Å²) in [5.74, 6) is -5.65. The molecule has 1 N–H and O–H groups in total. The number of benzene rings is 2. The largest absolute Gasteiger partial charge is 0.493 e. The molecule has 0 unspecified atom stereocenters. The second-order valence-electron chi connectivity index (χ2n) is 5.97. The number of rotatable bonds is 8. The molecule has 0 radical (unpaired) electrons. The second-order valence-corrected chi connectivity index (χ2v) is 5.97. The highest BCUT2D eigenvalue weighted by Gasteiger charge is 2.22. The molecule has 0 aliphatic carbocycles. The predicted octanol–water partition coefficient (Wildman–Crippen LogP) is 4.09. The Labute approximate surface area is 165 Å². The normalized spacial score (nSPS) is 11.5. The van der Waals surface area contributed by atoms with Gasteiger partial charge < -0.3 is 19.5 Å². The van der Waals surface area contributed by atoms with E-state index in [0.717, 1.165) is 12.5 Å². The van der Waals surface area contributed by atoms with E-state index >= 15 is 0 Å². The Morgan fingerprint density at radius 2 is 1.79 bits per heavy atom. The Kier molecular flexibility index (Phi) is 7.46. The minimum absolute atomic E-state index is 0.101. The second kappa shape index (κ2) is 9.81. The van der Waals surface area contributed by atoms with Gasteiger partial charge in [0.05, 0.1) is 25.0 Å². The number of nitrogens with one attached hydrogen (secondary N) is 1. The van der Waals surface area contributed by atoms with Gasteiger partial charge in [-0.25, -0.2) is 18.0 Å². The Balaban J connectivity index is 2.06. The molecule has 0 aliphatic heterocycles. The summed E-state index contributed by atoms with van der Waals surface area (Å²) in [6, 6.07) is 5.90. The molecule has 9 heteroatoms. The van der Waals surface area contributed by atoms with Gasteiger partial charge in [0.25, 0.3) is 5.91 Å². The number of methoxy groups -OCH3 is 1. The summed E-state index contributed by atoms with van der Waals surface area (Å²) in [6.07, 6.45) is -0.546. The van der Waals surface area contributed by atoms with Crippen molar-refractivity contribution in [3.05, 3.63) is 53.3 Å². The van der Waals surface area contributed by atoms with Gasteiger partial charge in [-0.2, -0.15) is 0 Å². The molecule has 0 spiro atoms. The van der Waals surface area contributed by atoms with Gasteiger partial charge in [0.15, 0.2) is 35.1 Å². The SMILES string of the molecule is CCCOc1ccc(C(=O)O[C@H](C)C(=O)Nc2ccc(F)c(F)c2F)cc1OC. The topological polar surface area (TPSA) is 73.9 Å². The number of ether oxygens (including phenoxy) is 3. The van der Waals surface area contributed by atoms with E-state index in [9.17, 15) is 22.8 Å². The maximum atomic E-state index is 13.7. The number of esters is 1. The lowest BCUT2D eigenvalue weighted by Gasteiger charge is -2.15. The lowest BCUT2D eigenvalue weighted by Crippen LogP contribution is -2.30. The molecule has 1 atom stereocenters. The van der Waals surface area contributed by atoms with Crippen LogP contribution in [0.25, 0.3) is 0 Å². The molecule has 0 saturated carbocycles. The molecule has 0 aromatic heterocycles. The molecule has 156 valence electrons. The Morgan fingerprint density at radius 1 is 1.07 bits per heavy atom. The smallest absolute Gasteiger partial charge is 0.339 e. The number of hydrogen-bond donors (Lipinski definition) is 1. The summed E-state index contributed by atoms with van der Waals surface area (Å²) < 4.78 is 55.6. The predicted molar refractivity (Wildman–Crippen MR) is 98.6 cm³/mol. The molecule has 0 aliphatic rings. The number of carbonyl (C=O) groups is 2. The van der Waals surface area contributed by atoms with E-state index in [2.05, 4.69) is 0 Å². The number of carbonyl (C=O) groups excluding carboxylic acids is 2. The molecule has 1 amide bonds. The van der Waals surface area contributed by atoms with Crippen LogP contribution in [0.1, 0.15) is 30.6 Å². The zero-order valence-corrected chi connectivity index (χ0v) is 16.1. The van der Waals surface area contributed by atoms with Crippen LogP contribution >= 0.6 is 0 Å². The molecule has 0 saturated heterocycles. The highest BCUT2D eigenvalue weighted by atomic mass is 19.2. The highest BCUT2D eigenvalue weighted by Crippen LogP contribution is 2.28. The van der Waals surface area contributed by atoms with E-state index in [4.69, 9.17) is 14.2 Å². The van der Waals surface area contributed by atoms with Crippen LogP contribution in [0.15, 0.2) is 30.3 Å². The lowest BCUT2D eigenvalue weighted by molar-refractivity contribution is -0.123. The van der Waals surface area contributed by atoms with E-state index in [1.807, 2.05) is 12.2 Å². The number of anilines is 1. The Bertz CT molecular complexity index is 904. The first-order chi connectivity index (χ1) is 13.8. The van der Waals surface area contributed by atoms with Crippen LogP contribution in [0.5, 0.6) is 11.5 Å². The first-order valence-electron chi connectivity index (χ1n) is 8.74. The van der Waals surface area contributed by atoms with Crippen LogP contribution in [-0.4, -0.2) is 31.7 Å². The van der Waals surface area contributed by atoms with Gasteiger partial charge in [0.2, 0.25) is 0 Å². The van der Waals surface area contributed by atoms with Crippen LogP contribution in [-0.2, 0) is 9.53 Å². The molecule has 2 rings (SSSR count). The standard InChI is InChI=1S/C20H20F3NO5/c1-4-9-28-15-8-5-12(10-16(15)27-3)20(26)29-11(2)19(25)24-14-7-6-13(21)17(22)18(14)23/h5-8,10-11H,4,9H2,1-3H3,(H,24,25)/t11-/m1/s1. The molecule has 29 heavy (non-hydrogen) atoms. The van der Waals surface area contributed by atoms with Crippen LogP contribution in [0.4, 0.5) is 18.9 Å². The van der Waals surface area contributed by atoms with Crippen molar-refractivity contribution in [2.75, 3.05) is 19.0 Å². The monoisotopic (exact) mass is 411 g/mol. The minimum atomic E-state index is -1.72. The molecule has 2 aromatic rings. The fourth-order valence-electron chi connectivity index (χ4n) is 2.26. The third-order valence-corrected chi connectivity index (χ3v) is 3.81. The van der Waals surface area contributed by atoms with Crippen molar-refractivity contribution in [2.24, 2.45) is 0 Å². The highest BCUT2D eigenvalue weighted by molar-refractivity contribution is 5.97. The van der Waals surface area contributed by atoms with E-state index in [-0.39, 0.29) is 5.56 Å². The summed E-state index contributed by atoms with van der Waals surface area (Å²) in [4.78, 5) is 24.4. The Morgan fingerprint density at radius 3 is 2.45 bits per heavy atom. The summed E-state index contributed by atoms with van der Waals surface area (Å²) in [6.45, 7) is 3.66. The van der Waals surface area contributed by atoms with E-state index in [1.165, 1.54) is 32.2 Å². The van der Waals surface area contributed by atoms with Gasteiger partial charge in [-0.15, -0.1) is 0 Å². The molecular formula is C20H20F3NO5. The molecule has 0 heterocycles. The molecule has 0 fully saturated rings. The molecular weight excluding hydrogens is 391 g/mol. The van der Waals surface area contributed by atoms with Gasteiger partial charge in [-0.05, 0) is 43.7 Å². The molecule has 0 bridgehead atoms. The summed E-state index contributed by atoms with van der Waals surface area (Å²) in [7, 11) is 1.41. The average molecular weight is 411 g/mol. The van der Waals surface area contributed by atoms with Crippen molar-refractivity contribution in [3.63, 3.8) is 0 Å². The first kappa shape index (κ1) is 22.1. The quantitative estimate of drug-likeness (QED) is 0.523. The van der Waals surface area contributed by atoms with Crippen molar-refractivity contribution in [1.29, 1.82) is 0 Å². The zero-order chi connectivity index (χ0) is 21.6. The van der Waals surface area contributed by atoms with Gasteiger partial charge in [0, 0.05) is 0 Å². The summed E-state index contributed by atoms with van der Waals surface area (Å²) in [5.41, 5.74) is -0.472. The summed E-state index contributed by atoms with van der Waals surface area (Å²) >= 11 is 0. The fourth-order valence-corrected chi connectivity index (χ4v) is 2.26. The molecule has 6 nitrogen and oxygen atoms in total. The van der Waals surface area contributed by atoms with E-state index in [0.29, 0.717) is 24.2 Å². The third-order valence-electron chi connectivity index (χ3n) is 3.81. The summed E-state index contributed by atoms with van der Waals surface area (Å²) in [5, 5.41) is 2.05. The minimum Gasteiger partial charge on any atom is -0.493 e. The lowest BCUT2D eigenvalue weighted by atomic mass is 10.2. The van der Waals surface area contributed by atoms with Crippen molar-refractivity contribution >= 4 is 17.6 Å². The number of hydrogen-bond acceptors (Lipinski definition) is 5. The third kappa shape index (κ3) is 5.40. The van der Waals surface area contributed by atoms with Crippen molar-refractivity contribution in [2.45, 2.75) is 26.4 Å². The fraction of sp³-hybridized carbons (Fsp3) is 0.300. The molecule has 2 aromatic carbocycles. The van der Waals surface area contributed by atoms with Gasteiger partial charge in [-0.1, -0.05) is 6.92 Å². The maximum Gasteiger partial charge on any atom is 0.339 e. The number of amides is 1. The van der Waals surface area contributed by atoms with Crippen LogP contribution in [0.2, 0.25) is 0 Å². The van der Waals surface area contributed by atoms with Gasteiger partial charge in [-0.3, -0.25) is 4.79 Å². The first-order valence-corrected chi connectivity index (χ1v) is 8.74. The van der Waals surface area contributed by atoms with E-state index in [1.54, 1.807) is 0 Å². The van der Waals surface area contributed by atoms with Crippen LogP contribution in [0.3, 0.4) is 0 Å². The van der Waals surface area contributed by atoms with Gasteiger partial charge in [0.1, 0.15) is 0 Å². The van der Waals surface area contributed by atoms with Gasteiger partial charge >= 0.3 is 5.97 Å². The van der Waals surface area contributed by atoms with Crippen molar-refractivity contribution < 1.29 is 37.0 Å².